The van der Waals surface area contributed by atoms with Gasteiger partial charge in [0.15, 0.2) is 0 Å². The van der Waals surface area contributed by atoms with Crippen molar-refractivity contribution in [2.24, 2.45) is 0 Å². The molecule has 0 saturated heterocycles. The Morgan fingerprint density at radius 2 is 2.08 bits per heavy atom. The molecule has 0 aliphatic carbocycles. The Hall–Kier alpha value is -1.51. The van der Waals surface area contributed by atoms with Crippen LogP contribution in [0.25, 0.3) is 0 Å². The highest BCUT2D eigenvalue weighted by molar-refractivity contribution is 5.69. The van der Waals surface area contributed by atoms with E-state index in [1.165, 1.54) is 12.0 Å². The second-order valence-electron chi connectivity index (χ2n) is 2.28. The molecule has 0 saturated carbocycles. The van der Waals surface area contributed by atoms with Crippen molar-refractivity contribution in [1.82, 2.24) is 4.90 Å². The first-order valence-corrected chi connectivity index (χ1v) is 3.69. The number of ether oxygens (including phenoxy) is 1. The Bertz CT molecular complexity index is 241. The van der Waals surface area contributed by atoms with Gasteiger partial charge in [0, 0.05) is 12.7 Å². The van der Waals surface area contributed by atoms with E-state index in [4.69, 9.17) is 0 Å². The van der Waals surface area contributed by atoms with E-state index < -0.39 is 0 Å². The zero-order valence-corrected chi connectivity index (χ0v) is 6.93. The summed E-state index contributed by atoms with van der Waals surface area (Å²) in [5.74, 6) is 0. The van der Waals surface area contributed by atoms with Gasteiger partial charge in [-0.05, 0) is 6.08 Å². The minimum atomic E-state index is -0.341. The standard InChI is InChI=1S/C9H11NO2/c1-12-9(11)10-7-5-3-2-4-6-8-10/h2-7H,8H2,1H3/b3-2-,6-4-,7-5-. The van der Waals surface area contributed by atoms with Crippen molar-refractivity contribution in [3.05, 3.63) is 36.6 Å². The van der Waals surface area contributed by atoms with Crippen LogP contribution in [-0.2, 0) is 4.74 Å². The van der Waals surface area contributed by atoms with Crippen LogP contribution in [0.15, 0.2) is 36.6 Å². The maximum atomic E-state index is 11.0. The summed E-state index contributed by atoms with van der Waals surface area (Å²) in [5, 5.41) is 0. The summed E-state index contributed by atoms with van der Waals surface area (Å²) in [6.45, 7) is 0.549. The van der Waals surface area contributed by atoms with Gasteiger partial charge in [-0.1, -0.05) is 24.3 Å². The molecule has 0 fully saturated rings. The smallest absolute Gasteiger partial charge is 0.413 e. The van der Waals surface area contributed by atoms with Crippen LogP contribution < -0.4 is 0 Å². The molecule has 1 heterocycles. The summed E-state index contributed by atoms with van der Waals surface area (Å²) < 4.78 is 4.56. The van der Waals surface area contributed by atoms with Gasteiger partial charge in [-0.2, -0.15) is 0 Å². The number of hydrogen-bond donors (Lipinski definition) is 0. The van der Waals surface area contributed by atoms with Crippen LogP contribution >= 0.6 is 0 Å². The summed E-state index contributed by atoms with van der Waals surface area (Å²) in [5.41, 5.74) is 0. The number of carbonyl (C=O) groups is 1. The molecule has 0 bridgehead atoms. The lowest BCUT2D eigenvalue weighted by Gasteiger charge is -2.14. The Kier molecular flexibility index (Phi) is 3.14. The van der Waals surface area contributed by atoms with Crippen LogP contribution in [0.5, 0.6) is 0 Å². The van der Waals surface area contributed by atoms with Crippen molar-refractivity contribution in [3.8, 4) is 0 Å². The maximum absolute atomic E-state index is 11.0. The monoisotopic (exact) mass is 165 g/mol. The third-order valence-electron chi connectivity index (χ3n) is 1.45. The molecule has 12 heavy (non-hydrogen) atoms. The molecule has 3 nitrogen and oxygen atoms in total. The van der Waals surface area contributed by atoms with Crippen molar-refractivity contribution >= 4 is 6.09 Å². The van der Waals surface area contributed by atoms with Crippen LogP contribution in [0.4, 0.5) is 4.79 Å². The topological polar surface area (TPSA) is 29.5 Å². The normalized spacial score (nSPS) is 23.6. The minimum absolute atomic E-state index is 0.341. The average Bonchev–Trinajstić information content (AvgIpc) is 2.02. The van der Waals surface area contributed by atoms with E-state index >= 15 is 0 Å². The highest BCUT2D eigenvalue weighted by Crippen LogP contribution is 1.98. The number of rotatable bonds is 0. The van der Waals surface area contributed by atoms with Crippen LogP contribution in [0.1, 0.15) is 0 Å². The molecule has 0 unspecified atom stereocenters. The molecule has 64 valence electrons. The predicted molar refractivity (Wildman–Crippen MR) is 46.5 cm³/mol. The minimum Gasteiger partial charge on any atom is -0.452 e. The van der Waals surface area contributed by atoms with E-state index in [-0.39, 0.29) is 6.09 Å². The van der Waals surface area contributed by atoms with Gasteiger partial charge >= 0.3 is 6.09 Å². The molecule has 3 heteroatoms. The molecule has 0 aromatic rings. The molecule has 1 aliphatic rings. The lowest BCUT2D eigenvalue weighted by Crippen LogP contribution is -2.25. The van der Waals surface area contributed by atoms with E-state index in [0.29, 0.717) is 6.54 Å². The lowest BCUT2D eigenvalue weighted by molar-refractivity contribution is 0.143. The fraction of sp³-hybridized carbons (Fsp3) is 0.222. The largest absolute Gasteiger partial charge is 0.452 e. The fourth-order valence-corrected chi connectivity index (χ4v) is 0.848. The Morgan fingerprint density at radius 1 is 1.33 bits per heavy atom. The molecule has 0 atom stereocenters. The third-order valence-corrected chi connectivity index (χ3v) is 1.45. The van der Waals surface area contributed by atoms with Crippen LogP contribution in [0.3, 0.4) is 0 Å². The van der Waals surface area contributed by atoms with Gasteiger partial charge in [-0.15, -0.1) is 0 Å². The second-order valence-corrected chi connectivity index (χ2v) is 2.28. The molecule has 1 aliphatic heterocycles. The number of carbonyl (C=O) groups excluding carboxylic acids is 1. The van der Waals surface area contributed by atoms with E-state index in [0.717, 1.165) is 0 Å². The molecule has 0 radical (unpaired) electrons. The van der Waals surface area contributed by atoms with Crippen molar-refractivity contribution in [2.45, 2.75) is 0 Å². The summed E-state index contributed by atoms with van der Waals surface area (Å²) in [7, 11) is 1.37. The molecule has 0 spiro atoms. The number of nitrogens with zero attached hydrogens (tertiary/aromatic N) is 1. The summed E-state index contributed by atoms with van der Waals surface area (Å²) in [4.78, 5) is 12.5. The maximum Gasteiger partial charge on any atom is 0.413 e. The SMILES string of the molecule is COC(=O)N1\C=C/C=C\C=C/C1. The molecular formula is C9H11NO2. The number of amides is 1. The zero-order chi connectivity index (χ0) is 8.81. The first-order chi connectivity index (χ1) is 5.84. The molecule has 1 amide bonds. The first kappa shape index (κ1) is 8.59. The summed E-state index contributed by atoms with van der Waals surface area (Å²) >= 11 is 0. The molecule has 1 rings (SSSR count). The first-order valence-electron chi connectivity index (χ1n) is 3.69. The molecular weight excluding hydrogens is 154 g/mol. The number of methoxy groups -OCH3 is 1. The molecule has 0 aromatic heterocycles. The zero-order valence-electron chi connectivity index (χ0n) is 6.93. The van der Waals surface area contributed by atoms with Gasteiger partial charge in [0.2, 0.25) is 0 Å². The summed E-state index contributed by atoms with van der Waals surface area (Å²) in [6, 6.07) is 0. The highest BCUT2D eigenvalue weighted by atomic mass is 16.5. The Labute approximate surface area is 71.6 Å². The van der Waals surface area contributed by atoms with Gasteiger partial charge < -0.3 is 4.74 Å². The van der Waals surface area contributed by atoms with Gasteiger partial charge in [0.25, 0.3) is 0 Å². The van der Waals surface area contributed by atoms with Crippen molar-refractivity contribution in [1.29, 1.82) is 0 Å². The van der Waals surface area contributed by atoms with E-state index in [1.54, 1.807) is 12.3 Å². The highest BCUT2D eigenvalue weighted by Gasteiger charge is 2.07. The number of allylic oxidation sites excluding steroid dienone is 4. The van der Waals surface area contributed by atoms with Crippen LogP contribution in [-0.4, -0.2) is 24.6 Å². The van der Waals surface area contributed by atoms with Gasteiger partial charge in [0.05, 0.1) is 7.11 Å². The van der Waals surface area contributed by atoms with Gasteiger partial charge in [-0.3, -0.25) is 4.90 Å². The van der Waals surface area contributed by atoms with Gasteiger partial charge in [0.1, 0.15) is 0 Å². The Balaban J connectivity index is 2.65. The second kappa shape index (κ2) is 4.38. The van der Waals surface area contributed by atoms with Crippen LogP contribution in [0.2, 0.25) is 0 Å². The Morgan fingerprint density at radius 3 is 2.83 bits per heavy atom. The van der Waals surface area contributed by atoms with E-state index in [2.05, 4.69) is 4.74 Å². The fourth-order valence-electron chi connectivity index (χ4n) is 0.848. The van der Waals surface area contributed by atoms with Crippen molar-refractivity contribution in [3.63, 3.8) is 0 Å². The van der Waals surface area contributed by atoms with E-state index in [9.17, 15) is 4.79 Å². The lowest BCUT2D eigenvalue weighted by atomic mass is 10.3. The van der Waals surface area contributed by atoms with Crippen LogP contribution in [0, 0.1) is 0 Å². The number of hydrogen-bond acceptors (Lipinski definition) is 2. The third kappa shape index (κ3) is 2.27. The average molecular weight is 165 g/mol. The molecule has 0 N–H and O–H groups in total. The van der Waals surface area contributed by atoms with Crippen molar-refractivity contribution in [2.75, 3.05) is 13.7 Å². The molecule has 0 aromatic carbocycles. The summed E-state index contributed by atoms with van der Waals surface area (Å²) in [6.07, 6.45) is 10.7. The van der Waals surface area contributed by atoms with E-state index in [1.807, 2.05) is 24.3 Å². The quantitative estimate of drug-likeness (QED) is 0.546. The predicted octanol–water partition coefficient (Wildman–Crippen LogP) is 1.69. The van der Waals surface area contributed by atoms with Gasteiger partial charge in [-0.25, -0.2) is 4.79 Å². The van der Waals surface area contributed by atoms with Crippen molar-refractivity contribution < 1.29 is 9.53 Å².